The monoisotopic (exact) mass is 423 g/mol. The van der Waals surface area contributed by atoms with Crippen LogP contribution in [0.25, 0.3) is 6.08 Å². The third-order valence-corrected chi connectivity index (χ3v) is 10.3. The minimum atomic E-state index is -0.314. The number of hydrogen-bond donors (Lipinski definition) is 2. The summed E-state index contributed by atoms with van der Waals surface area (Å²) in [6.45, 7) is 4.91. The molecule has 0 aromatic heterocycles. The number of aliphatic hydroxyl groups is 2. The summed E-state index contributed by atoms with van der Waals surface area (Å²) in [4.78, 5) is 2.12. The Labute approximate surface area is 188 Å². The number of fused-ring (bicyclic) bond motifs is 5. The van der Waals surface area contributed by atoms with E-state index >= 15 is 0 Å². The molecule has 3 nitrogen and oxygen atoms in total. The molecule has 0 amide bonds. The molecular formula is C28H41NO2. The van der Waals surface area contributed by atoms with Crippen molar-refractivity contribution in [1.82, 2.24) is 0 Å². The zero-order valence-corrected chi connectivity index (χ0v) is 19.8. The van der Waals surface area contributed by atoms with E-state index in [9.17, 15) is 10.2 Å². The molecule has 8 unspecified atom stereocenters. The van der Waals surface area contributed by atoms with Gasteiger partial charge in [0.1, 0.15) is 0 Å². The van der Waals surface area contributed by atoms with E-state index in [1.165, 1.54) is 42.5 Å². The van der Waals surface area contributed by atoms with Gasteiger partial charge in [0.15, 0.2) is 0 Å². The van der Waals surface area contributed by atoms with Crippen LogP contribution >= 0.6 is 0 Å². The lowest BCUT2D eigenvalue weighted by Crippen LogP contribution is -2.54. The van der Waals surface area contributed by atoms with E-state index in [1.807, 2.05) is 0 Å². The zero-order chi connectivity index (χ0) is 22.0. The van der Waals surface area contributed by atoms with Crippen LogP contribution in [0.15, 0.2) is 29.8 Å². The van der Waals surface area contributed by atoms with E-state index < -0.39 is 0 Å². The molecule has 170 valence electrons. The van der Waals surface area contributed by atoms with Gasteiger partial charge >= 0.3 is 0 Å². The molecule has 31 heavy (non-hydrogen) atoms. The zero-order valence-electron chi connectivity index (χ0n) is 19.8. The largest absolute Gasteiger partial charge is 0.393 e. The average Bonchev–Trinajstić information content (AvgIpc) is 2.99. The normalized spacial score (nSPS) is 45.7. The highest BCUT2D eigenvalue weighted by atomic mass is 16.3. The Kier molecular flexibility index (Phi) is 5.29. The van der Waals surface area contributed by atoms with E-state index in [1.54, 1.807) is 0 Å². The van der Waals surface area contributed by atoms with E-state index in [2.05, 4.69) is 63.2 Å². The molecule has 0 radical (unpaired) electrons. The smallest absolute Gasteiger partial charge is 0.0809 e. The minimum absolute atomic E-state index is 0.0218. The van der Waals surface area contributed by atoms with Gasteiger partial charge in [-0.15, -0.1) is 0 Å². The highest BCUT2D eigenvalue weighted by Gasteiger charge is 2.61. The fraction of sp³-hybridized carbons (Fsp3) is 0.714. The van der Waals surface area contributed by atoms with Crippen LogP contribution in [-0.2, 0) is 0 Å². The summed E-state index contributed by atoms with van der Waals surface area (Å²) in [6.07, 6.45) is 11.1. The van der Waals surface area contributed by atoms with Crippen molar-refractivity contribution < 1.29 is 10.2 Å². The summed E-state index contributed by atoms with van der Waals surface area (Å²) in [7, 11) is 4.14. The molecule has 0 saturated heterocycles. The molecule has 5 rings (SSSR count). The van der Waals surface area contributed by atoms with Crippen LogP contribution in [0.5, 0.6) is 0 Å². The van der Waals surface area contributed by atoms with Crippen molar-refractivity contribution >= 4 is 11.8 Å². The maximum absolute atomic E-state index is 11.5. The number of rotatable bonds is 2. The number of anilines is 1. The van der Waals surface area contributed by atoms with Crippen LogP contribution in [-0.4, -0.2) is 36.5 Å². The van der Waals surface area contributed by atoms with Crippen LogP contribution in [0.2, 0.25) is 0 Å². The summed E-state index contributed by atoms with van der Waals surface area (Å²) in [5.74, 6) is 2.78. The van der Waals surface area contributed by atoms with Crippen molar-refractivity contribution in [3.05, 3.63) is 35.4 Å². The van der Waals surface area contributed by atoms with Crippen molar-refractivity contribution in [2.24, 2.45) is 34.5 Å². The third-order valence-electron chi connectivity index (χ3n) is 10.3. The Bertz CT molecular complexity index is 845. The van der Waals surface area contributed by atoms with Gasteiger partial charge in [0.05, 0.1) is 12.2 Å². The fourth-order valence-corrected chi connectivity index (χ4v) is 8.32. The first-order valence-corrected chi connectivity index (χ1v) is 12.6. The molecule has 0 heterocycles. The maximum atomic E-state index is 11.5. The second-order valence-electron chi connectivity index (χ2n) is 11.9. The van der Waals surface area contributed by atoms with E-state index in [4.69, 9.17) is 0 Å². The van der Waals surface area contributed by atoms with Gasteiger partial charge in [-0.25, -0.2) is 0 Å². The van der Waals surface area contributed by atoms with Crippen LogP contribution in [0.4, 0.5) is 5.69 Å². The van der Waals surface area contributed by atoms with E-state index in [0.717, 1.165) is 37.5 Å². The SMILES string of the molecule is CN(C)c1ccc(C=C2CC3C4CCC5CC(O)CCC5(C)C4CCC3(C)C2O)cc1. The van der Waals surface area contributed by atoms with Crippen LogP contribution in [0.3, 0.4) is 0 Å². The maximum Gasteiger partial charge on any atom is 0.0809 e. The predicted octanol–water partition coefficient (Wildman–Crippen LogP) is 5.51. The highest BCUT2D eigenvalue weighted by molar-refractivity contribution is 5.59. The molecule has 4 fully saturated rings. The van der Waals surface area contributed by atoms with Gasteiger partial charge in [-0.1, -0.05) is 32.1 Å². The molecular weight excluding hydrogens is 382 g/mol. The summed E-state index contributed by atoms with van der Waals surface area (Å²) < 4.78 is 0. The van der Waals surface area contributed by atoms with Crippen LogP contribution < -0.4 is 4.90 Å². The highest BCUT2D eigenvalue weighted by Crippen LogP contribution is 2.67. The molecule has 1 aromatic carbocycles. The van der Waals surface area contributed by atoms with Crippen molar-refractivity contribution in [1.29, 1.82) is 0 Å². The standard InChI is InChI=1S/C28H41NO2/c1-27-13-11-22(30)17-20(27)7-10-23-24(27)12-14-28(2)25(23)16-19(26(28)31)15-18-5-8-21(9-6-18)29(3)4/h5-6,8-9,15,20,22-26,30-31H,7,10-14,16-17H2,1-4H3. The number of aliphatic hydroxyl groups excluding tert-OH is 2. The van der Waals surface area contributed by atoms with Crippen LogP contribution in [0, 0.1) is 34.5 Å². The summed E-state index contributed by atoms with van der Waals surface area (Å²) in [5, 5.41) is 21.7. The lowest BCUT2D eigenvalue weighted by molar-refractivity contribution is -0.133. The van der Waals surface area contributed by atoms with Crippen LogP contribution in [0.1, 0.15) is 70.8 Å². The first-order valence-electron chi connectivity index (χ1n) is 12.6. The molecule has 4 aliphatic carbocycles. The van der Waals surface area contributed by atoms with E-state index in [-0.39, 0.29) is 17.6 Å². The van der Waals surface area contributed by atoms with Gasteiger partial charge in [-0.05, 0) is 104 Å². The van der Waals surface area contributed by atoms with Gasteiger partial charge in [0.2, 0.25) is 0 Å². The second kappa shape index (κ2) is 7.63. The molecule has 3 heteroatoms. The van der Waals surface area contributed by atoms with Crippen molar-refractivity contribution in [2.45, 2.75) is 77.4 Å². The minimum Gasteiger partial charge on any atom is -0.393 e. The van der Waals surface area contributed by atoms with Gasteiger partial charge in [-0.3, -0.25) is 0 Å². The second-order valence-corrected chi connectivity index (χ2v) is 11.9. The lowest BCUT2D eigenvalue weighted by atomic mass is 9.45. The Morgan fingerprint density at radius 3 is 2.32 bits per heavy atom. The Morgan fingerprint density at radius 1 is 0.903 bits per heavy atom. The Balaban J connectivity index is 1.40. The number of hydrogen-bond acceptors (Lipinski definition) is 3. The van der Waals surface area contributed by atoms with Crippen molar-refractivity contribution in [2.75, 3.05) is 19.0 Å². The molecule has 2 N–H and O–H groups in total. The number of nitrogens with zero attached hydrogens (tertiary/aromatic N) is 1. The first-order chi connectivity index (χ1) is 14.7. The van der Waals surface area contributed by atoms with Gasteiger partial charge in [0.25, 0.3) is 0 Å². The predicted molar refractivity (Wildman–Crippen MR) is 128 cm³/mol. The summed E-state index contributed by atoms with van der Waals surface area (Å²) >= 11 is 0. The molecule has 1 aromatic rings. The molecule has 0 spiro atoms. The van der Waals surface area contributed by atoms with Gasteiger partial charge < -0.3 is 15.1 Å². The lowest BCUT2D eigenvalue weighted by Gasteiger charge is -2.60. The van der Waals surface area contributed by atoms with Gasteiger partial charge in [0, 0.05) is 25.2 Å². The quantitative estimate of drug-likeness (QED) is 0.659. The van der Waals surface area contributed by atoms with Crippen molar-refractivity contribution in [3.8, 4) is 0 Å². The summed E-state index contributed by atoms with van der Waals surface area (Å²) in [5.41, 5.74) is 4.07. The third kappa shape index (κ3) is 3.38. The van der Waals surface area contributed by atoms with Crippen molar-refractivity contribution in [3.63, 3.8) is 0 Å². The molecule has 0 bridgehead atoms. The Morgan fingerprint density at radius 2 is 1.61 bits per heavy atom. The first kappa shape index (κ1) is 21.5. The number of benzene rings is 1. The fourth-order valence-electron chi connectivity index (χ4n) is 8.32. The molecule has 0 aliphatic heterocycles. The van der Waals surface area contributed by atoms with E-state index in [0.29, 0.717) is 17.3 Å². The molecule has 4 aliphatic rings. The Hall–Kier alpha value is -1.32. The summed E-state index contributed by atoms with van der Waals surface area (Å²) in [6, 6.07) is 8.69. The van der Waals surface area contributed by atoms with Gasteiger partial charge in [-0.2, -0.15) is 0 Å². The molecule has 8 atom stereocenters. The topological polar surface area (TPSA) is 43.7 Å². The average molecular weight is 424 g/mol. The molecule has 4 saturated carbocycles.